The molecule has 2 N–H and O–H groups in total. The Morgan fingerprint density at radius 2 is 2.00 bits per heavy atom. The van der Waals surface area contributed by atoms with Gasteiger partial charge in [-0.1, -0.05) is 18.2 Å². The number of ether oxygens (including phenoxy) is 1. The first kappa shape index (κ1) is 8.88. The normalized spacial score (nSPS) is 10.4. The molecule has 2 rings (SSSR count). The van der Waals surface area contributed by atoms with Gasteiger partial charge < -0.3 is 10.5 Å². The van der Waals surface area contributed by atoms with Gasteiger partial charge in [0, 0.05) is 11.1 Å². The minimum absolute atomic E-state index is 0.775. The molecule has 72 valence electrons. The van der Waals surface area contributed by atoms with E-state index in [4.69, 9.17) is 10.5 Å². The highest BCUT2D eigenvalue weighted by atomic mass is 16.5. The van der Waals surface area contributed by atoms with Crippen LogP contribution < -0.4 is 10.5 Å². The average molecular weight is 187 g/mol. The lowest BCUT2D eigenvalue weighted by atomic mass is 10.0. The smallest absolute Gasteiger partial charge is 0.128 e. The molecule has 0 atom stereocenters. The Morgan fingerprint density at radius 1 is 1.21 bits per heavy atom. The number of anilines is 1. The summed E-state index contributed by atoms with van der Waals surface area (Å²) < 4.78 is 5.27. The Balaban J connectivity index is 2.87. The van der Waals surface area contributed by atoms with E-state index in [9.17, 15) is 0 Å². The predicted molar refractivity (Wildman–Crippen MR) is 59.6 cm³/mol. The van der Waals surface area contributed by atoms with Gasteiger partial charge in [-0.2, -0.15) is 0 Å². The molecule has 0 saturated carbocycles. The van der Waals surface area contributed by atoms with Crippen LogP contribution in [0.4, 0.5) is 5.69 Å². The van der Waals surface area contributed by atoms with Crippen LogP contribution in [0.3, 0.4) is 0 Å². The van der Waals surface area contributed by atoms with Crippen LogP contribution in [0.1, 0.15) is 5.56 Å². The fourth-order valence-corrected chi connectivity index (χ4v) is 1.75. The number of hydrogen-bond acceptors (Lipinski definition) is 2. The van der Waals surface area contributed by atoms with E-state index in [1.165, 1.54) is 5.56 Å². The standard InChI is InChI=1S/C12H13NO/c1-8-6-9-4-3-5-11(14-2)12(9)10(13)7-8/h3-7H,13H2,1-2H3. The van der Waals surface area contributed by atoms with E-state index in [0.717, 1.165) is 22.2 Å². The molecule has 0 aliphatic carbocycles. The maximum atomic E-state index is 5.95. The molecule has 2 heteroatoms. The molecule has 2 aromatic carbocycles. The summed E-state index contributed by atoms with van der Waals surface area (Å²) in [5, 5.41) is 2.13. The van der Waals surface area contributed by atoms with Crippen molar-refractivity contribution < 1.29 is 4.74 Å². The SMILES string of the molecule is COc1cccc2cc(C)cc(N)c12. The summed E-state index contributed by atoms with van der Waals surface area (Å²) >= 11 is 0. The molecular weight excluding hydrogens is 174 g/mol. The Hall–Kier alpha value is -1.70. The zero-order valence-corrected chi connectivity index (χ0v) is 8.37. The molecular formula is C12H13NO. The molecule has 0 saturated heterocycles. The van der Waals surface area contributed by atoms with Gasteiger partial charge in [-0.15, -0.1) is 0 Å². The highest BCUT2D eigenvalue weighted by molar-refractivity contribution is 5.98. The predicted octanol–water partition coefficient (Wildman–Crippen LogP) is 2.74. The van der Waals surface area contributed by atoms with Crippen molar-refractivity contribution >= 4 is 16.5 Å². The molecule has 0 amide bonds. The summed E-state index contributed by atoms with van der Waals surface area (Å²) in [5.74, 6) is 0.833. The molecule has 0 bridgehead atoms. The second-order valence-corrected chi connectivity index (χ2v) is 3.41. The number of fused-ring (bicyclic) bond motifs is 1. The minimum Gasteiger partial charge on any atom is -0.496 e. The Labute approximate surface area is 83.3 Å². The number of aryl methyl sites for hydroxylation is 1. The summed E-state index contributed by atoms with van der Waals surface area (Å²) in [4.78, 5) is 0. The van der Waals surface area contributed by atoms with Crippen LogP contribution in [0.15, 0.2) is 30.3 Å². The fourth-order valence-electron chi connectivity index (χ4n) is 1.75. The lowest BCUT2D eigenvalue weighted by Crippen LogP contribution is -1.92. The second-order valence-electron chi connectivity index (χ2n) is 3.41. The molecule has 0 aliphatic heterocycles. The highest BCUT2D eigenvalue weighted by Gasteiger charge is 2.04. The van der Waals surface area contributed by atoms with Gasteiger partial charge >= 0.3 is 0 Å². The number of hydrogen-bond donors (Lipinski definition) is 1. The average Bonchev–Trinajstić information content (AvgIpc) is 2.16. The third-order valence-electron chi connectivity index (χ3n) is 2.33. The van der Waals surface area contributed by atoms with Gasteiger partial charge in [-0.3, -0.25) is 0 Å². The molecule has 0 radical (unpaired) electrons. The fraction of sp³-hybridized carbons (Fsp3) is 0.167. The van der Waals surface area contributed by atoms with Crippen LogP contribution >= 0.6 is 0 Å². The van der Waals surface area contributed by atoms with Crippen LogP contribution in [-0.2, 0) is 0 Å². The zero-order chi connectivity index (χ0) is 10.1. The summed E-state index contributed by atoms with van der Waals surface area (Å²) in [7, 11) is 1.66. The van der Waals surface area contributed by atoms with Crippen molar-refractivity contribution in [3.63, 3.8) is 0 Å². The highest BCUT2D eigenvalue weighted by Crippen LogP contribution is 2.31. The van der Waals surface area contributed by atoms with E-state index in [1.54, 1.807) is 7.11 Å². The van der Waals surface area contributed by atoms with Gasteiger partial charge in [0.25, 0.3) is 0 Å². The number of rotatable bonds is 1. The Morgan fingerprint density at radius 3 is 2.71 bits per heavy atom. The van der Waals surface area contributed by atoms with E-state index < -0.39 is 0 Å². The van der Waals surface area contributed by atoms with Crippen molar-refractivity contribution in [1.29, 1.82) is 0 Å². The van der Waals surface area contributed by atoms with Crippen LogP contribution in [0, 0.1) is 6.92 Å². The lowest BCUT2D eigenvalue weighted by molar-refractivity contribution is 0.420. The summed E-state index contributed by atoms with van der Waals surface area (Å²) in [6, 6.07) is 10.0. The lowest BCUT2D eigenvalue weighted by Gasteiger charge is -2.08. The topological polar surface area (TPSA) is 35.2 Å². The minimum atomic E-state index is 0.775. The number of benzene rings is 2. The van der Waals surface area contributed by atoms with E-state index >= 15 is 0 Å². The van der Waals surface area contributed by atoms with Crippen LogP contribution in [0.25, 0.3) is 10.8 Å². The molecule has 0 aliphatic rings. The van der Waals surface area contributed by atoms with Crippen LogP contribution in [0.5, 0.6) is 5.75 Å². The van der Waals surface area contributed by atoms with E-state index in [0.29, 0.717) is 0 Å². The van der Waals surface area contributed by atoms with E-state index in [2.05, 4.69) is 6.07 Å². The van der Waals surface area contributed by atoms with Gasteiger partial charge in [0.15, 0.2) is 0 Å². The Kier molecular flexibility index (Phi) is 2.04. The Bertz CT molecular complexity index is 477. The van der Waals surface area contributed by atoms with Crippen molar-refractivity contribution in [2.45, 2.75) is 6.92 Å². The summed E-state index contributed by atoms with van der Waals surface area (Å²) in [6.07, 6.45) is 0. The first-order chi connectivity index (χ1) is 6.72. The van der Waals surface area contributed by atoms with Gasteiger partial charge in [0.05, 0.1) is 7.11 Å². The summed E-state index contributed by atoms with van der Waals surface area (Å²) in [6.45, 7) is 2.04. The van der Waals surface area contributed by atoms with Gasteiger partial charge in [0.2, 0.25) is 0 Å². The molecule has 2 nitrogen and oxygen atoms in total. The molecule has 0 aromatic heterocycles. The third-order valence-corrected chi connectivity index (χ3v) is 2.33. The van der Waals surface area contributed by atoms with Crippen LogP contribution in [0.2, 0.25) is 0 Å². The molecule has 0 heterocycles. The quantitative estimate of drug-likeness (QED) is 0.697. The van der Waals surface area contributed by atoms with Gasteiger partial charge in [0.1, 0.15) is 5.75 Å². The number of nitrogen functional groups attached to an aromatic ring is 1. The van der Waals surface area contributed by atoms with Crippen LogP contribution in [-0.4, -0.2) is 7.11 Å². The molecule has 2 aromatic rings. The van der Waals surface area contributed by atoms with Gasteiger partial charge in [-0.05, 0) is 30.0 Å². The zero-order valence-electron chi connectivity index (χ0n) is 8.37. The third kappa shape index (κ3) is 1.29. The van der Waals surface area contributed by atoms with E-state index in [1.807, 2.05) is 31.2 Å². The van der Waals surface area contributed by atoms with Crippen molar-refractivity contribution in [3.8, 4) is 5.75 Å². The molecule has 0 unspecified atom stereocenters. The first-order valence-electron chi connectivity index (χ1n) is 4.55. The monoisotopic (exact) mass is 187 g/mol. The second kappa shape index (κ2) is 3.22. The largest absolute Gasteiger partial charge is 0.496 e. The van der Waals surface area contributed by atoms with E-state index in [-0.39, 0.29) is 0 Å². The maximum absolute atomic E-state index is 5.95. The first-order valence-corrected chi connectivity index (χ1v) is 4.55. The molecule has 0 fully saturated rings. The van der Waals surface area contributed by atoms with Crippen molar-refractivity contribution in [1.82, 2.24) is 0 Å². The maximum Gasteiger partial charge on any atom is 0.128 e. The van der Waals surface area contributed by atoms with Crippen molar-refractivity contribution in [2.75, 3.05) is 12.8 Å². The molecule has 14 heavy (non-hydrogen) atoms. The number of methoxy groups -OCH3 is 1. The number of nitrogens with two attached hydrogens (primary N) is 1. The van der Waals surface area contributed by atoms with Gasteiger partial charge in [-0.25, -0.2) is 0 Å². The van der Waals surface area contributed by atoms with Crippen molar-refractivity contribution in [2.24, 2.45) is 0 Å². The summed E-state index contributed by atoms with van der Waals surface area (Å²) in [5.41, 5.74) is 7.90. The molecule has 0 spiro atoms. The van der Waals surface area contributed by atoms with Crippen molar-refractivity contribution in [3.05, 3.63) is 35.9 Å².